The second-order valence-corrected chi connectivity index (χ2v) is 6.34. The summed E-state index contributed by atoms with van der Waals surface area (Å²) in [4.78, 5) is 24.9. The zero-order chi connectivity index (χ0) is 16.4. The predicted molar refractivity (Wildman–Crippen MR) is 86.5 cm³/mol. The van der Waals surface area contributed by atoms with Crippen LogP contribution in [-0.4, -0.2) is 17.1 Å². The van der Waals surface area contributed by atoms with E-state index in [4.69, 9.17) is 10.00 Å². The lowest BCUT2D eigenvalue weighted by Gasteiger charge is -2.21. The average Bonchev–Trinajstić information content (AvgIpc) is 2.56. The van der Waals surface area contributed by atoms with Crippen molar-refractivity contribution in [1.29, 1.82) is 5.26 Å². The molecule has 114 valence electrons. The second kappa shape index (κ2) is 6.15. The van der Waals surface area contributed by atoms with Crippen molar-refractivity contribution in [2.45, 2.75) is 17.1 Å². The number of fused-ring (bicyclic) bond motifs is 1. The summed E-state index contributed by atoms with van der Waals surface area (Å²) >= 11 is 1.44. The van der Waals surface area contributed by atoms with Crippen LogP contribution >= 0.6 is 11.8 Å². The summed E-state index contributed by atoms with van der Waals surface area (Å²) in [6, 6.07) is 13.5. The van der Waals surface area contributed by atoms with Crippen molar-refractivity contribution < 1.29 is 14.3 Å². The minimum atomic E-state index is -0.576. The van der Waals surface area contributed by atoms with E-state index in [1.165, 1.54) is 11.8 Å². The molecule has 1 heterocycles. The number of rotatable bonds is 2. The molecule has 0 saturated heterocycles. The number of benzene rings is 2. The fourth-order valence-electron chi connectivity index (χ4n) is 2.14. The monoisotopic (exact) mass is 324 g/mol. The zero-order valence-electron chi connectivity index (χ0n) is 12.2. The molecule has 2 aromatic carbocycles. The van der Waals surface area contributed by atoms with E-state index in [0.717, 1.165) is 4.90 Å². The van der Waals surface area contributed by atoms with Crippen LogP contribution in [0.4, 0.5) is 5.69 Å². The van der Waals surface area contributed by atoms with Gasteiger partial charge in [-0.1, -0.05) is 12.1 Å². The third-order valence-electron chi connectivity index (χ3n) is 3.36. The quantitative estimate of drug-likeness (QED) is 0.678. The molecule has 1 aliphatic rings. The van der Waals surface area contributed by atoms with Gasteiger partial charge in [0, 0.05) is 4.90 Å². The molecule has 6 heteroatoms. The van der Waals surface area contributed by atoms with Gasteiger partial charge in [0.15, 0.2) is 0 Å². The Morgan fingerprint density at radius 1 is 1.30 bits per heavy atom. The Morgan fingerprint density at radius 2 is 2.09 bits per heavy atom. The van der Waals surface area contributed by atoms with Gasteiger partial charge in [0.2, 0.25) is 5.91 Å². The first-order chi connectivity index (χ1) is 11.1. The number of amides is 1. The van der Waals surface area contributed by atoms with Crippen molar-refractivity contribution in [2.24, 2.45) is 0 Å². The van der Waals surface area contributed by atoms with Gasteiger partial charge in [-0.25, -0.2) is 4.79 Å². The van der Waals surface area contributed by atoms with Crippen molar-refractivity contribution in [3.05, 3.63) is 53.6 Å². The van der Waals surface area contributed by atoms with Gasteiger partial charge in [-0.2, -0.15) is 5.26 Å². The first kappa shape index (κ1) is 15.1. The van der Waals surface area contributed by atoms with Crippen molar-refractivity contribution in [1.82, 2.24) is 0 Å². The van der Waals surface area contributed by atoms with Crippen LogP contribution in [-0.2, 0) is 4.79 Å². The normalized spacial score (nSPS) is 16.0. The number of nitriles is 1. The smallest absolute Gasteiger partial charge is 0.343 e. The average molecular weight is 324 g/mol. The molecule has 1 aliphatic heterocycles. The first-order valence-electron chi connectivity index (χ1n) is 6.91. The minimum Gasteiger partial charge on any atom is -0.422 e. The second-order valence-electron chi connectivity index (χ2n) is 4.96. The predicted octanol–water partition coefficient (Wildman–Crippen LogP) is 3.21. The maximum absolute atomic E-state index is 12.3. The van der Waals surface area contributed by atoms with Gasteiger partial charge in [-0.05, 0) is 37.3 Å². The number of esters is 1. The van der Waals surface area contributed by atoms with E-state index in [1.807, 2.05) is 13.0 Å². The molecular weight excluding hydrogens is 312 g/mol. The Labute approximate surface area is 137 Å². The third-order valence-corrected chi connectivity index (χ3v) is 4.53. The topological polar surface area (TPSA) is 79.2 Å². The lowest BCUT2D eigenvalue weighted by Crippen LogP contribution is -2.26. The Balaban J connectivity index is 1.85. The van der Waals surface area contributed by atoms with Crippen molar-refractivity contribution in [3.63, 3.8) is 0 Å². The van der Waals surface area contributed by atoms with E-state index < -0.39 is 5.97 Å². The van der Waals surface area contributed by atoms with E-state index >= 15 is 0 Å². The van der Waals surface area contributed by atoms with Crippen LogP contribution in [0.2, 0.25) is 0 Å². The molecule has 0 unspecified atom stereocenters. The summed E-state index contributed by atoms with van der Waals surface area (Å²) < 4.78 is 5.28. The molecule has 0 aromatic heterocycles. The van der Waals surface area contributed by atoms with Crippen molar-refractivity contribution in [2.75, 3.05) is 5.32 Å². The molecule has 2 aromatic rings. The number of carbonyl (C=O) groups is 2. The number of thioether (sulfide) groups is 1. The van der Waals surface area contributed by atoms with E-state index in [-0.39, 0.29) is 22.5 Å². The minimum absolute atomic E-state index is 0.0946. The summed E-state index contributed by atoms with van der Waals surface area (Å²) in [7, 11) is 0. The van der Waals surface area contributed by atoms with Gasteiger partial charge in [-0.3, -0.25) is 4.79 Å². The fourth-order valence-corrected chi connectivity index (χ4v) is 3.07. The number of nitrogens with one attached hydrogen (secondary N) is 1. The molecule has 1 N–H and O–H groups in total. The van der Waals surface area contributed by atoms with E-state index in [0.29, 0.717) is 11.3 Å². The molecule has 0 aliphatic carbocycles. The number of carbonyl (C=O) groups excluding carboxylic acids is 2. The molecule has 1 amide bonds. The van der Waals surface area contributed by atoms with Crippen molar-refractivity contribution in [3.8, 4) is 11.8 Å². The van der Waals surface area contributed by atoms with Gasteiger partial charge in [0.25, 0.3) is 0 Å². The molecule has 1 atom stereocenters. The highest BCUT2D eigenvalue weighted by atomic mass is 32.2. The largest absolute Gasteiger partial charge is 0.422 e. The van der Waals surface area contributed by atoms with E-state index in [1.54, 1.807) is 42.5 Å². The number of hydrogen-bond donors (Lipinski definition) is 1. The maximum atomic E-state index is 12.3. The van der Waals surface area contributed by atoms with Crippen molar-refractivity contribution >= 4 is 29.3 Å². The van der Waals surface area contributed by atoms with Gasteiger partial charge in [0.1, 0.15) is 11.8 Å². The highest BCUT2D eigenvalue weighted by molar-refractivity contribution is 8.00. The zero-order valence-corrected chi connectivity index (χ0v) is 13.0. The molecule has 0 saturated carbocycles. The van der Waals surface area contributed by atoms with Crippen LogP contribution < -0.4 is 10.1 Å². The lowest BCUT2D eigenvalue weighted by atomic mass is 10.2. The number of hydrogen-bond acceptors (Lipinski definition) is 5. The molecule has 0 bridgehead atoms. The molecule has 3 rings (SSSR count). The van der Waals surface area contributed by atoms with Crippen LogP contribution in [0.3, 0.4) is 0 Å². The van der Waals surface area contributed by atoms with E-state index in [2.05, 4.69) is 5.32 Å². The maximum Gasteiger partial charge on any atom is 0.343 e. The standard InChI is InChI=1S/C17H12N2O3S/c1-10-16(20)19-13-8-11(6-7-15(13)23-10)17(21)22-14-5-3-2-4-12(14)9-18/h2-8,10H,1H3,(H,19,20)/t10-/m0/s1. The van der Waals surface area contributed by atoms with Gasteiger partial charge < -0.3 is 10.1 Å². The van der Waals surface area contributed by atoms with Crippen LogP contribution in [0.5, 0.6) is 5.75 Å². The summed E-state index contributed by atoms with van der Waals surface area (Å²) in [5.41, 5.74) is 1.20. The Bertz CT molecular complexity index is 842. The Morgan fingerprint density at radius 3 is 2.87 bits per heavy atom. The number of anilines is 1. The summed E-state index contributed by atoms with van der Waals surface area (Å²) in [6.45, 7) is 1.82. The molecule has 5 nitrogen and oxygen atoms in total. The van der Waals surface area contributed by atoms with Crippen LogP contribution in [0.1, 0.15) is 22.8 Å². The highest BCUT2D eigenvalue weighted by Gasteiger charge is 2.24. The third kappa shape index (κ3) is 3.05. The molecule has 23 heavy (non-hydrogen) atoms. The summed E-state index contributed by atoms with van der Waals surface area (Å²) in [5, 5.41) is 11.6. The Hall–Kier alpha value is -2.78. The molecular formula is C17H12N2O3S. The SMILES string of the molecule is C[C@@H]1Sc2ccc(C(=O)Oc3ccccc3C#N)cc2NC1=O. The van der Waals surface area contributed by atoms with Crippen LogP contribution in [0, 0.1) is 11.3 Å². The van der Waals surface area contributed by atoms with Gasteiger partial charge in [0.05, 0.1) is 22.1 Å². The summed E-state index contributed by atoms with van der Waals surface area (Å²) in [5.74, 6) is -0.457. The molecule has 0 radical (unpaired) electrons. The fraction of sp³-hybridized carbons (Fsp3) is 0.118. The Kier molecular flexibility index (Phi) is 4.04. The molecule has 0 spiro atoms. The van der Waals surface area contributed by atoms with Crippen LogP contribution in [0.15, 0.2) is 47.4 Å². The highest BCUT2D eigenvalue weighted by Crippen LogP contribution is 2.36. The van der Waals surface area contributed by atoms with Crippen LogP contribution in [0.25, 0.3) is 0 Å². The lowest BCUT2D eigenvalue weighted by molar-refractivity contribution is -0.115. The van der Waals surface area contributed by atoms with E-state index in [9.17, 15) is 9.59 Å². The van der Waals surface area contributed by atoms with Gasteiger partial charge >= 0.3 is 5.97 Å². The summed E-state index contributed by atoms with van der Waals surface area (Å²) in [6.07, 6.45) is 0. The van der Waals surface area contributed by atoms with Gasteiger partial charge in [-0.15, -0.1) is 11.8 Å². The first-order valence-corrected chi connectivity index (χ1v) is 7.79. The number of para-hydroxylation sites is 1. The number of nitrogens with zero attached hydrogens (tertiary/aromatic N) is 1. The number of ether oxygens (including phenoxy) is 1. The molecule has 0 fully saturated rings.